The third-order valence-corrected chi connectivity index (χ3v) is 2.46. The first-order valence-corrected chi connectivity index (χ1v) is 4.64. The maximum Gasteiger partial charge on any atom is 0.231 e. The van der Waals surface area contributed by atoms with Gasteiger partial charge in [0.05, 0.1) is 5.02 Å². The molecule has 0 N–H and O–H groups in total. The standard InChI is InChI=1S/C10H9ClO3/c1-6(4-12)7-2-8(11)10-9(3-7)13-5-14-10/h2-4,6H,5H2,1H3. The molecule has 0 spiro atoms. The van der Waals surface area contributed by atoms with Gasteiger partial charge in [-0.25, -0.2) is 0 Å². The van der Waals surface area contributed by atoms with E-state index in [4.69, 9.17) is 21.1 Å². The number of aldehydes is 1. The summed E-state index contributed by atoms with van der Waals surface area (Å²) in [6, 6.07) is 3.52. The van der Waals surface area contributed by atoms with Crippen LogP contribution in [0.5, 0.6) is 11.5 Å². The number of hydrogen-bond donors (Lipinski definition) is 0. The second kappa shape index (κ2) is 3.50. The van der Waals surface area contributed by atoms with Crippen molar-refractivity contribution in [1.82, 2.24) is 0 Å². The first kappa shape index (κ1) is 9.34. The van der Waals surface area contributed by atoms with Crippen LogP contribution in [-0.4, -0.2) is 13.1 Å². The van der Waals surface area contributed by atoms with E-state index in [1.807, 2.05) is 0 Å². The maximum absolute atomic E-state index is 10.6. The summed E-state index contributed by atoms with van der Waals surface area (Å²) in [6.07, 6.45) is 0.869. The van der Waals surface area contributed by atoms with Crippen molar-refractivity contribution in [2.45, 2.75) is 12.8 Å². The van der Waals surface area contributed by atoms with Crippen molar-refractivity contribution in [3.8, 4) is 11.5 Å². The van der Waals surface area contributed by atoms with Crippen LogP contribution in [0.4, 0.5) is 0 Å². The number of hydrogen-bond acceptors (Lipinski definition) is 3. The van der Waals surface area contributed by atoms with Crippen LogP contribution in [0.1, 0.15) is 18.4 Å². The van der Waals surface area contributed by atoms with Gasteiger partial charge in [0, 0.05) is 5.92 Å². The van der Waals surface area contributed by atoms with Gasteiger partial charge >= 0.3 is 0 Å². The molecule has 0 saturated heterocycles. The Kier molecular flexibility index (Phi) is 2.33. The Balaban J connectivity index is 2.46. The second-order valence-electron chi connectivity index (χ2n) is 3.16. The van der Waals surface area contributed by atoms with E-state index in [1.165, 1.54) is 0 Å². The Labute approximate surface area is 86.6 Å². The lowest BCUT2D eigenvalue weighted by Gasteiger charge is -2.06. The van der Waals surface area contributed by atoms with E-state index in [0.29, 0.717) is 16.5 Å². The molecule has 74 valence electrons. The van der Waals surface area contributed by atoms with Gasteiger partial charge in [0.15, 0.2) is 11.5 Å². The first-order valence-electron chi connectivity index (χ1n) is 4.26. The van der Waals surface area contributed by atoms with Crippen molar-refractivity contribution in [1.29, 1.82) is 0 Å². The minimum Gasteiger partial charge on any atom is -0.454 e. The highest BCUT2D eigenvalue weighted by Gasteiger charge is 2.19. The van der Waals surface area contributed by atoms with E-state index in [0.717, 1.165) is 11.8 Å². The number of ether oxygens (including phenoxy) is 2. The highest BCUT2D eigenvalue weighted by atomic mass is 35.5. The van der Waals surface area contributed by atoms with Crippen LogP contribution >= 0.6 is 11.6 Å². The van der Waals surface area contributed by atoms with E-state index in [1.54, 1.807) is 19.1 Å². The fourth-order valence-corrected chi connectivity index (χ4v) is 1.60. The Hall–Kier alpha value is -1.22. The summed E-state index contributed by atoms with van der Waals surface area (Å²) in [5, 5.41) is 0.490. The molecular formula is C10H9ClO3. The fourth-order valence-electron chi connectivity index (χ4n) is 1.33. The number of halogens is 1. The van der Waals surface area contributed by atoms with Crippen molar-refractivity contribution in [3.05, 3.63) is 22.7 Å². The third-order valence-electron chi connectivity index (χ3n) is 2.18. The molecule has 2 rings (SSSR count). The molecule has 0 fully saturated rings. The van der Waals surface area contributed by atoms with Gasteiger partial charge in [-0.05, 0) is 17.7 Å². The largest absolute Gasteiger partial charge is 0.454 e. The maximum atomic E-state index is 10.6. The summed E-state index contributed by atoms with van der Waals surface area (Å²) in [7, 11) is 0. The molecular weight excluding hydrogens is 204 g/mol. The zero-order valence-electron chi connectivity index (χ0n) is 7.62. The minimum atomic E-state index is -0.179. The summed E-state index contributed by atoms with van der Waals surface area (Å²) >= 11 is 5.95. The zero-order valence-corrected chi connectivity index (χ0v) is 8.38. The van der Waals surface area contributed by atoms with Crippen LogP contribution in [0.25, 0.3) is 0 Å². The molecule has 0 saturated carbocycles. The minimum absolute atomic E-state index is 0.179. The Bertz CT molecular complexity index is 376. The summed E-state index contributed by atoms with van der Waals surface area (Å²) in [5.41, 5.74) is 0.842. The lowest BCUT2D eigenvalue weighted by atomic mass is 10.0. The summed E-state index contributed by atoms with van der Waals surface area (Å²) < 4.78 is 10.3. The molecule has 1 unspecified atom stereocenters. The van der Waals surface area contributed by atoms with Gasteiger partial charge in [-0.1, -0.05) is 18.5 Å². The van der Waals surface area contributed by atoms with Crippen LogP contribution in [0.3, 0.4) is 0 Å². The van der Waals surface area contributed by atoms with Gasteiger partial charge in [-0.3, -0.25) is 0 Å². The third kappa shape index (κ3) is 1.44. The van der Waals surface area contributed by atoms with E-state index < -0.39 is 0 Å². The van der Waals surface area contributed by atoms with E-state index in [9.17, 15) is 4.79 Å². The molecule has 0 amide bonds. The number of fused-ring (bicyclic) bond motifs is 1. The second-order valence-corrected chi connectivity index (χ2v) is 3.57. The molecule has 14 heavy (non-hydrogen) atoms. The van der Waals surface area contributed by atoms with Gasteiger partial charge in [0.2, 0.25) is 6.79 Å². The molecule has 0 bridgehead atoms. The molecule has 1 aromatic carbocycles. The predicted molar refractivity (Wildman–Crippen MR) is 52.1 cm³/mol. The predicted octanol–water partition coefficient (Wildman–Crippen LogP) is 2.37. The SMILES string of the molecule is CC(C=O)c1cc(Cl)c2c(c1)OCO2. The number of benzene rings is 1. The van der Waals surface area contributed by atoms with Crippen LogP contribution in [-0.2, 0) is 4.79 Å². The van der Waals surface area contributed by atoms with E-state index >= 15 is 0 Å². The highest BCUT2D eigenvalue weighted by molar-refractivity contribution is 6.32. The van der Waals surface area contributed by atoms with Crippen molar-refractivity contribution in [2.24, 2.45) is 0 Å². The number of carbonyl (C=O) groups is 1. The molecule has 1 heterocycles. The van der Waals surface area contributed by atoms with E-state index in [-0.39, 0.29) is 12.7 Å². The van der Waals surface area contributed by atoms with Crippen LogP contribution in [0.15, 0.2) is 12.1 Å². The molecule has 1 aliphatic rings. The van der Waals surface area contributed by atoms with Crippen molar-refractivity contribution >= 4 is 17.9 Å². The van der Waals surface area contributed by atoms with Crippen molar-refractivity contribution < 1.29 is 14.3 Å². The average molecular weight is 213 g/mol. The van der Waals surface area contributed by atoms with Crippen LogP contribution < -0.4 is 9.47 Å². The molecule has 1 aromatic rings. The molecule has 0 aliphatic carbocycles. The van der Waals surface area contributed by atoms with Gasteiger partial charge < -0.3 is 14.3 Å². The number of carbonyl (C=O) groups excluding carboxylic acids is 1. The quantitative estimate of drug-likeness (QED) is 0.706. The van der Waals surface area contributed by atoms with Crippen molar-refractivity contribution in [3.63, 3.8) is 0 Å². The van der Waals surface area contributed by atoms with Crippen LogP contribution in [0.2, 0.25) is 5.02 Å². The topological polar surface area (TPSA) is 35.5 Å². The van der Waals surface area contributed by atoms with Gasteiger partial charge in [-0.15, -0.1) is 0 Å². The molecule has 0 radical (unpaired) electrons. The average Bonchev–Trinajstić information content (AvgIpc) is 2.64. The molecule has 0 aromatic heterocycles. The lowest BCUT2D eigenvalue weighted by Crippen LogP contribution is -1.94. The Morgan fingerprint density at radius 3 is 3.00 bits per heavy atom. The summed E-state index contributed by atoms with van der Waals surface area (Å²) in [5.74, 6) is 0.997. The molecule has 1 aliphatic heterocycles. The molecule has 3 nitrogen and oxygen atoms in total. The Morgan fingerprint density at radius 1 is 1.50 bits per heavy atom. The fraction of sp³-hybridized carbons (Fsp3) is 0.300. The van der Waals surface area contributed by atoms with Gasteiger partial charge in [0.25, 0.3) is 0 Å². The summed E-state index contributed by atoms with van der Waals surface area (Å²) in [6.45, 7) is 1.99. The zero-order chi connectivity index (χ0) is 10.1. The van der Waals surface area contributed by atoms with E-state index in [2.05, 4.69) is 0 Å². The van der Waals surface area contributed by atoms with Gasteiger partial charge in [0.1, 0.15) is 6.29 Å². The number of rotatable bonds is 2. The highest BCUT2D eigenvalue weighted by Crippen LogP contribution is 2.40. The smallest absolute Gasteiger partial charge is 0.231 e. The van der Waals surface area contributed by atoms with Gasteiger partial charge in [-0.2, -0.15) is 0 Å². The monoisotopic (exact) mass is 212 g/mol. The van der Waals surface area contributed by atoms with Crippen LogP contribution in [0, 0.1) is 0 Å². The normalized spacial score (nSPS) is 15.3. The first-order chi connectivity index (χ1) is 6.72. The molecule has 1 atom stereocenters. The molecule has 4 heteroatoms. The van der Waals surface area contributed by atoms with Crippen molar-refractivity contribution in [2.75, 3.05) is 6.79 Å². The lowest BCUT2D eigenvalue weighted by molar-refractivity contribution is -0.108. The summed E-state index contributed by atoms with van der Waals surface area (Å²) in [4.78, 5) is 10.6. The Morgan fingerprint density at radius 2 is 2.29 bits per heavy atom.